The number of carboxylic acids is 1. The molecule has 1 unspecified atom stereocenters. The van der Waals surface area contributed by atoms with Gasteiger partial charge in [0, 0.05) is 5.02 Å². The molecular formula is C13H17ClO3. The molecule has 0 aliphatic heterocycles. The van der Waals surface area contributed by atoms with Gasteiger partial charge in [0.2, 0.25) is 0 Å². The molecule has 0 aliphatic carbocycles. The Hall–Kier alpha value is -1.22. The Morgan fingerprint density at radius 3 is 2.53 bits per heavy atom. The van der Waals surface area contributed by atoms with Crippen molar-refractivity contribution in [3.63, 3.8) is 0 Å². The molecular weight excluding hydrogens is 240 g/mol. The molecule has 0 bridgehead atoms. The number of halogens is 1. The topological polar surface area (TPSA) is 46.5 Å². The first-order chi connectivity index (χ1) is 7.95. The van der Waals surface area contributed by atoms with E-state index in [4.69, 9.17) is 21.4 Å². The number of carbonyl (C=O) groups is 1. The Bertz CT molecular complexity index is 402. The third-order valence-electron chi connectivity index (χ3n) is 2.82. The summed E-state index contributed by atoms with van der Waals surface area (Å²) in [6, 6.07) is 5.32. The van der Waals surface area contributed by atoms with Gasteiger partial charge in [-0.1, -0.05) is 31.5 Å². The molecule has 0 saturated heterocycles. The van der Waals surface area contributed by atoms with Gasteiger partial charge < -0.3 is 9.84 Å². The van der Waals surface area contributed by atoms with Gasteiger partial charge in [0.05, 0.1) is 13.0 Å². The van der Waals surface area contributed by atoms with Crippen LogP contribution in [-0.4, -0.2) is 18.2 Å². The zero-order valence-electron chi connectivity index (χ0n) is 10.2. The van der Waals surface area contributed by atoms with Crippen LogP contribution in [0, 0.1) is 11.8 Å². The second-order valence-corrected chi connectivity index (χ2v) is 4.76. The van der Waals surface area contributed by atoms with Crippen molar-refractivity contribution in [1.29, 1.82) is 0 Å². The predicted octanol–water partition coefficient (Wildman–Crippen LogP) is 3.25. The second-order valence-electron chi connectivity index (χ2n) is 4.35. The summed E-state index contributed by atoms with van der Waals surface area (Å²) in [5, 5.41) is 9.68. The maximum atomic E-state index is 11.1. The van der Waals surface area contributed by atoms with Crippen LogP contribution >= 0.6 is 11.6 Å². The maximum Gasteiger partial charge on any atom is 0.307 e. The molecule has 1 N–H and O–H groups in total. The lowest BCUT2D eigenvalue weighted by Gasteiger charge is -2.17. The molecule has 0 spiro atoms. The fraction of sp³-hybridized carbons (Fsp3) is 0.462. The van der Waals surface area contributed by atoms with E-state index in [9.17, 15) is 4.79 Å². The minimum atomic E-state index is -0.785. The lowest BCUT2D eigenvalue weighted by atomic mass is 9.89. The summed E-state index contributed by atoms with van der Waals surface area (Å²) in [4.78, 5) is 11.1. The average Bonchev–Trinajstić information content (AvgIpc) is 2.26. The van der Waals surface area contributed by atoms with Crippen molar-refractivity contribution < 1.29 is 14.6 Å². The molecule has 94 valence electrons. The summed E-state index contributed by atoms with van der Waals surface area (Å²) in [6.07, 6.45) is 0.440. The third-order valence-corrected chi connectivity index (χ3v) is 3.17. The van der Waals surface area contributed by atoms with Gasteiger partial charge in [-0.15, -0.1) is 0 Å². The van der Waals surface area contributed by atoms with E-state index in [2.05, 4.69) is 0 Å². The summed E-state index contributed by atoms with van der Waals surface area (Å²) in [6.45, 7) is 3.80. The summed E-state index contributed by atoms with van der Waals surface area (Å²) >= 11 is 6.09. The number of hydrogen-bond donors (Lipinski definition) is 1. The van der Waals surface area contributed by atoms with Gasteiger partial charge in [-0.3, -0.25) is 4.79 Å². The molecule has 0 saturated carbocycles. The summed E-state index contributed by atoms with van der Waals surface area (Å²) in [5.74, 6) is -0.450. The summed E-state index contributed by atoms with van der Waals surface area (Å²) in [7, 11) is 1.57. The SMILES string of the molecule is COc1ccc(CC(C(=O)O)C(C)C)c(Cl)c1. The largest absolute Gasteiger partial charge is 0.497 e. The van der Waals surface area contributed by atoms with Crippen molar-refractivity contribution >= 4 is 17.6 Å². The molecule has 1 aromatic rings. The monoisotopic (exact) mass is 256 g/mol. The van der Waals surface area contributed by atoms with Crippen molar-refractivity contribution in [2.45, 2.75) is 20.3 Å². The van der Waals surface area contributed by atoms with E-state index in [1.165, 1.54) is 0 Å². The van der Waals surface area contributed by atoms with Gasteiger partial charge >= 0.3 is 5.97 Å². The number of benzene rings is 1. The highest BCUT2D eigenvalue weighted by molar-refractivity contribution is 6.31. The van der Waals surface area contributed by atoms with Crippen LogP contribution in [0.5, 0.6) is 5.75 Å². The van der Waals surface area contributed by atoms with Gasteiger partial charge in [-0.2, -0.15) is 0 Å². The number of hydrogen-bond acceptors (Lipinski definition) is 2. The van der Waals surface area contributed by atoms with Crippen molar-refractivity contribution in [2.75, 3.05) is 7.11 Å². The van der Waals surface area contributed by atoms with E-state index < -0.39 is 11.9 Å². The Kier molecular flexibility index (Phi) is 4.82. The predicted molar refractivity (Wildman–Crippen MR) is 67.7 cm³/mol. The first-order valence-corrected chi connectivity index (χ1v) is 5.88. The summed E-state index contributed by atoms with van der Waals surface area (Å²) in [5.41, 5.74) is 0.841. The van der Waals surface area contributed by atoms with E-state index in [1.54, 1.807) is 19.2 Å². The van der Waals surface area contributed by atoms with E-state index in [0.29, 0.717) is 17.2 Å². The van der Waals surface area contributed by atoms with Gasteiger partial charge in [0.15, 0.2) is 0 Å². The van der Waals surface area contributed by atoms with Crippen LogP contribution in [0.4, 0.5) is 0 Å². The van der Waals surface area contributed by atoms with E-state index in [0.717, 1.165) is 5.56 Å². The highest BCUT2D eigenvalue weighted by atomic mass is 35.5. The summed E-state index contributed by atoms with van der Waals surface area (Å²) < 4.78 is 5.05. The molecule has 1 rings (SSSR count). The molecule has 0 heterocycles. The van der Waals surface area contributed by atoms with Crippen molar-refractivity contribution in [3.05, 3.63) is 28.8 Å². The number of ether oxygens (including phenoxy) is 1. The van der Waals surface area contributed by atoms with Crippen molar-refractivity contribution in [1.82, 2.24) is 0 Å². The van der Waals surface area contributed by atoms with Crippen LogP contribution in [0.2, 0.25) is 5.02 Å². The number of rotatable bonds is 5. The average molecular weight is 257 g/mol. The van der Waals surface area contributed by atoms with Gasteiger partial charge in [0.25, 0.3) is 0 Å². The molecule has 1 atom stereocenters. The van der Waals surface area contributed by atoms with Gasteiger partial charge in [0.1, 0.15) is 5.75 Å². The fourth-order valence-electron chi connectivity index (χ4n) is 1.67. The molecule has 0 aliphatic rings. The first-order valence-electron chi connectivity index (χ1n) is 5.51. The highest BCUT2D eigenvalue weighted by Crippen LogP contribution is 2.26. The van der Waals surface area contributed by atoms with Crippen LogP contribution in [0.1, 0.15) is 19.4 Å². The van der Waals surface area contributed by atoms with E-state index >= 15 is 0 Å². The van der Waals surface area contributed by atoms with Crippen molar-refractivity contribution in [3.8, 4) is 5.75 Å². The normalized spacial score (nSPS) is 12.5. The molecule has 0 radical (unpaired) electrons. The smallest absolute Gasteiger partial charge is 0.307 e. The minimum absolute atomic E-state index is 0.0747. The van der Waals surface area contributed by atoms with Crippen LogP contribution in [0.3, 0.4) is 0 Å². The van der Waals surface area contributed by atoms with Gasteiger partial charge in [-0.25, -0.2) is 0 Å². The van der Waals surface area contributed by atoms with Crippen LogP contribution < -0.4 is 4.74 Å². The Morgan fingerprint density at radius 2 is 2.12 bits per heavy atom. The van der Waals surface area contributed by atoms with E-state index in [1.807, 2.05) is 19.9 Å². The number of aliphatic carboxylic acids is 1. The molecule has 17 heavy (non-hydrogen) atoms. The Labute approximate surface area is 106 Å². The Morgan fingerprint density at radius 1 is 1.47 bits per heavy atom. The second kappa shape index (κ2) is 5.92. The van der Waals surface area contributed by atoms with Gasteiger partial charge in [-0.05, 0) is 30.0 Å². The van der Waals surface area contributed by atoms with Crippen LogP contribution in [-0.2, 0) is 11.2 Å². The molecule has 3 nitrogen and oxygen atoms in total. The Balaban J connectivity index is 2.90. The number of methoxy groups -OCH3 is 1. The number of carboxylic acid groups (broad SMARTS) is 1. The molecule has 0 aromatic heterocycles. The zero-order chi connectivity index (χ0) is 13.0. The van der Waals surface area contributed by atoms with E-state index in [-0.39, 0.29) is 5.92 Å². The first kappa shape index (κ1) is 13.8. The third kappa shape index (κ3) is 3.63. The molecule has 1 aromatic carbocycles. The fourth-order valence-corrected chi connectivity index (χ4v) is 1.91. The lowest BCUT2D eigenvalue weighted by Crippen LogP contribution is -2.22. The maximum absolute atomic E-state index is 11.1. The standard InChI is InChI=1S/C13H17ClO3/c1-8(2)11(13(15)16)6-9-4-5-10(17-3)7-12(9)14/h4-5,7-8,11H,6H2,1-3H3,(H,15,16). The quantitative estimate of drug-likeness (QED) is 0.880. The van der Waals surface area contributed by atoms with Crippen LogP contribution in [0.25, 0.3) is 0 Å². The lowest BCUT2D eigenvalue weighted by molar-refractivity contribution is -0.143. The zero-order valence-corrected chi connectivity index (χ0v) is 11.0. The minimum Gasteiger partial charge on any atom is -0.497 e. The van der Waals surface area contributed by atoms with Crippen molar-refractivity contribution in [2.24, 2.45) is 11.8 Å². The molecule has 0 amide bonds. The molecule has 4 heteroatoms. The molecule has 0 fully saturated rings. The van der Waals surface area contributed by atoms with Crippen LogP contribution in [0.15, 0.2) is 18.2 Å². The highest BCUT2D eigenvalue weighted by Gasteiger charge is 2.22.